The average molecular weight is 1590 g/mol. The van der Waals surface area contributed by atoms with E-state index in [1.807, 2.05) is 6.92 Å². The van der Waals surface area contributed by atoms with Gasteiger partial charge in [-0.1, -0.05) is 30.6 Å². The standard InChI is InChI=1S/C56H46F2N18O20S6.K.Li.Na/c1-28(27-60-54-64-52(58)66-56(68-54)62-34-9-17-40-30(22-34)24-46(102(94,95)96)48(50(40)78)76-74-42-19-11-36(26-44(42)100(88,89)90)72-70-32-6-14-38(15-7-32)98(82,83)84)3-2-20-59-53-63-51(57)65-55(67-53)61-33-8-16-39-29(21-33)23-45(101(91,92)93)47(49(39)77)75-73-41-18-10-35(25-43(41)99(85,86)87)71-69-31-4-12-37(13-5-31)97(79,80)81;;;/h4-19,21-26,28,77-78H,2-3,20,27H2,1H3,(H,79,80,81)(H,82,83,84)(H,85,86,87)(H,88,89,90)(H,91,92,93)(H,94,95,96)(H2,59,61,63,65,67)(H2,60,62,64,66,68);;;/q;3*+1/p-3. The molecule has 8 aromatic carbocycles. The molecule has 0 saturated carbocycles. The van der Waals surface area contributed by atoms with Crippen molar-refractivity contribution in [3.63, 3.8) is 0 Å². The Balaban J connectivity index is 0.00000513. The van der Waals surface area contributed by atoms with Gasteiger partial charge in [-0.3, -0.25) is 22.8 Å². The van der Waals surface area contributed by atoms with Crippen LogP contribution < -0.4 is 131 Å². The average Bonchev–Trinajstić information content (AvgIpc) is 0.771. The van der Waals surface area contributed by atoms with Crippen molar-refractivity contribution in [1.29, 1.82) is 0 Å². The number of halogens is 2. The third-order valence-corrected chi connectivity index (χ3v) is 19.1. The summed E-state index contributed by atoms with van der Waals surface area (Å²) in [6.07, 6.45) is -1.58. The summed E-state index contributed by atoms with van der Waals surface area (Å²) >= 11 is 0. The fraction of sp³-hybridized carbons (Fsp3) is 0.107. The third-order valence-electron chi connectivity index (χ3n) is 13.9. The summed E-state index contributed by atoms with van der Waals surface area (Å²) in [5.41, 5.74) is -3.43. The predicted octanol–water partition coefficient (Wildman–Crippen LogP) is 1.03. The van der Waals surface area contributed by atoms with Gasteiger partial charge in [0.15, 0.2) is 0 Å². The Labute approximate surface area is 669 Å². The van der Waals surface area contributed by atoms with Crippen LogP contribution in [0.25, 0.3) is 21.5 Å². The quantitative estimate of drug-likeness (QED) is 0.0158. The van der Waals surface area contributed by atoms with Crippen molar-refractivity contribution in [3.05, 3.63) is 146 Å². The molecule has 10 aromatic rings. The number of rotatable bonds is 26. The van der Waals surface area contributed by atoms with Gasteiger partial charge in [-0.15, -0.1) is 20.5 Å². The molecule has 0 aliphatic rings. The van der Waals surface area contributed by atoms with Gasteiger partial charge in [-0.05, 0) is 162 Å². The molecule has 0 spiro atoms. The summed E-state index contributed by atoms with van der Waals surface area (Å²) in [4.78, 5) is 17.9. The first-order chi connectivity index (χ1) is 47.8. The van der Waals surface area contributed by atoms with E-state index in [1.165, 1.54) is 48.5 Å². The van der Waals surface area contributed by atoms with E-state index in [0.29, 0.717) is 12.8 Å². The van der Waals surface area contributed by atoms with E-state index < -0.39 is 136 Å². The topological polar surface area (TPSA) is 600 Å². The molecule has 0 radical (unpaired) electrons. The van der Waals surface area contributed by atoms with Gasteiger partial charge in [0, 0.05) is 24.5 Å². The van der Waals surface area contributed by atoms with Crippen molar-refractivity contribution in [2.24, 2.45) is 46.8 Å². The van der Waals surface area contributed by atoms with E-state index in [2.05, 4.69) is 92.1 Å². The molecule has 38 nitrogen and oxygen atoms in total. The van der Waals surface area contributed by atoms with Crippen molar-refractivity contribution < 1.29 is 197 Å². The Kier molecular flexibility index (Phi) is 27.5. The van der Waals surface area contributed by atoms with E-state index >= 15 is 0 Å². The third kappa shape index (κ3) is 22.1. The molecule has 0 amide bonds. The fourth-order valence-corrected chi connectivity index (χ4v) is 12.7. The summed E-state index contributed by atoms with van der Waals surface area (Å²) in [5.74, 6) is -3.60. The maximum Gasteiger partial charge on any atom is 1.00 e. The van der Waals surface area contributed by atoms with Crippen LogP contribution in [0.1, 0.15) is 19.8 Å². The van der Waals surface area contributed by atoms with Crippen molar-refractivity contribution >= 4 is 163 Å². The van der Waals surface area contributed by atoms with E-state index in [4.69, 9.17) is 0 Å². The molecule has 0 aliphatic carbocycles. The Morgan fingerprint density at radius 3 is 1.20 bits per heavy atom. The largest absolute Gasteiger partial charge is 1.00 e. The molecule has 9 N–H and O–H groups in total. The molecule has 530 valence electrons. The fourth-order valence-electron chi connectivity index (χ4n) is 9.17. The zero-order valence-corrected chi connectivity index (χ0v) is 64.0. The predicted molar refractivity (Wildman–Crippen MR) is 348 cm³/mol. The molecular weight excluding hydrogens is 1540 g/mol. The summed E-state index contributed by atoms with van der Waals surface area (Å²) < 4.78 is 236. The molecule has 1 atom stereocenters. The maximum atomic E-state index is 14.8. The first kappa shape index (κ1) is 84.3. The SMILES string of the molecule is CC(CCCNc1nc(F)nc(Nc2ccc3c([O-])c(N=Nc4ccc(N=Nc5ccc(S(=O)(=O)[O-])cc5)cc4S(=O)(=O)O)c(S(=O)(=O)O)cc3c2)n1)CNc1nc(F)nc(Nc2ccc3c([O-])c(N=Nc4ccc(N=Nc5ccc(S(=O)(=O)O)cc5)cc4S(=O)(=O)O)c(S(=O)(=O)O)cc3c2)n1.[K+].[Li+].[Na+]. The molecular formula is C56H43F2KLiN18NaO20S6. The van der Waals surface area contributed by atoms with Crippen LogP contribution in [0.3, 0.4) is 0 Å². The summed E-state index contributed by atoms with van der Waals surface area (Å²) in [7, 11) is -30.1. The van der Waals surface area contributed by atoms with Crippen LogP contribution in [0.5, 0.6) is 11.5 Å². The number of nitrogens with zero attached hydrogens (tertiary/aromatic N) is 14. The molecule has 2 heterocycles. The van der Waals surface area contributed by atoms with Gasteiger partial charge in [0.05, 0.1) is 43.9 Å². The van der Waals surface area contributed by atoms with Crippen LogP contribution in [-0.4, -0.2) is 121 Å². The molecule has 0 saturated heterocycles. The van der Waals surface area contributed by atoms with Crippen molar-refractivity contribution in [2.45, 2.75) is 49.1 Å². The van der Waals surface area contributed by atoms with E-state index in [1.54, 1.807) is 0 Å². The minimum Gasteiger partial charge on any atom is -0.871 e. The van der Waals surface area contributed by atoms with Gasteiger partial charge >= 0.3 is 112 Å². The first-order valence-corrected chi connectivity index (χ1v) is 36.8. The van der Waals surface area contributed by atoms with Crippen LogP contribution in [0, 0.1) is 18.1 Å². The van der Waals surface area contributed by atoms with Crippen LogP contribution >= 0.6 is 0 Å². The maximum absolute atomic E-state index is 14.8. The molecule has 105 heavy (non-hydrogen) atoms. The Bertz CT molecular complexity index is 5900. The van der Waals surface area contributed by atoms with Crippen molar-refractivity contribution in [1.82, 2.24) is 29.9 Å². The van der Waals surface area contributed by atoms with Crippen molar-refractivity contribution in [3.8, 4) is 11.5 Å². The van der Waals surface area contributed by atoms with E-state index in [0.717, 1.165) is 84.9 Å². The minimum atomic E-state index is -5.29. The van der Waals surface area contributed by atoms with Crippen LogP contribution in [0.4, 0.5) is 89.4 Å². The summed E-state index contributed by atoms with van der Waals surface area (Å²) in [6, 6.07) is 23.4. The van der Waals surface area contributed by atoms with Gasteiger partial charge in [0.2, 0.25) is 23.8 Å². The van der Waals surface area contributed by atoms with Crippen LogP contribution in [0.15, 0.2) is 204 Å². The van der Waals surface area contributed by atoms with Gasteiger partial charge in [-0.2, -0.15) is 101 Å². The van der Waals surface area contributed by atoms with Gasteiger partial charge in [-0.25, -0.2) is 8.42 Å². The molecule has 0 aliphatic heterocycles. The van der Waals surface area contributed by atoms with Gasteiger partial charge in [0.1, 0.15) is 41.1 Å². The Morgan fingerprint density at radius 2 is 0.810 bits per heavy atom. The monoisotopic (exact) mass is 1590 g/mol. The molecule has 1 unspecified atom stereocenters. The minimum absolute atomic E-state index is 0. The summed E-state index contributed by atoms with van der Waals surface area (Å²) in [6.45, 7) is 2.15. The van der Waals surface area contributed by atoms with E-state index in [-0.39, 0.29) is 198 Å². The molecule has 10 rings (SSSR count). The number of azo groups is 4. The number of benzene rings is 8. The van der Waals surface area contributed by atoms with Gasteiger partial charge in [0.25, 0.3) is 50.6 Å². The smallest absolute Gasteiger partial charge is 0.871 e. The van der Waals surface area contributed by atoms with Crippen LogP contribution in [-0.2, 0) is 60.7 Å². The number of anilines is 6. The number of nitrogens with one attached hydrogen (secondary N) is 4. The second-order valence-corrected chi connectivity index (χ2v) is 29.6. The molecule has 49 heteroatoms. The number of aromatic nitrogens is 6. The van der Waals surface area contributed by atoms with Crippen molar-refractivity contribution in [2.75, 3.05) is 34.4 Å². The molecule has 0 fully saturated rings. The first-order valence-electron chi connectivity index (χ1n) is 28.2. The number of hydrogen-bond acceptors (Lipinski definition) is 33. The van der Waals surface area contributed by atoms with Gasteiger partial charge < -0.3 is 36.0 Å². The number of hydrogen-bond donors (Lipinski definition) is 9. The Hall–Kier alpha value is -7.95. The van der Waals surface area contributed by atoms with E-state index in [9.17, 15) is 96.8 Å². The number of fused-ring (bicyclic) bond motifs is 2. The molecule has 0 bridgehead atoms. The molecule has 2 aromatic heterocycles. The zero-order chi connectivity index (χ0) is 73.9. The normalized spacial score (nSPS) is 12.7. The zero-order valence-electron chi connectivity index (χ0n) is 53.9. The van der Waals surface area contributed by atoms with Crippen LogP contribution in [0.2, 0.25) is 0 Å². The summed E-state index contributed by atoms with van der Waals surface area (Å²) in [5, 5.41) is 68.0. The Morgan fingerprint density at radius 1 is 0.438 bits per heavy atom. The second kappa shape index (κ2) is 34.3. The second-order valence-electron chi connectivity index (χ2n) is 21.2.